The molecule has 0 radical (unpaired) electrons. The number of nitrogens with zero attached hydrogens (tertiary/aromatic N) is 3. The van der Waals surface area contributed by atoms with Crippen molar-refractivity contribution < 1.29 is 18.7 Å². The summed E-state index contributed by atoms with van der Waals surface area (Å²) in [6.07, 6.45) is 1.41. The maximum Gasteiger partial charge on any atom is 0.287 e. The summed E-state index contributed by atoms with van der Waals surface area (Å²) in [6, 6.07) is 8.56. The first-order chi connectivity index (χ1) is 12.5. The molecule has 26 heavy (non-hydrogen) atoms. The quantitative estimate of drug-likeness (QED) is 0.530. The molecule has 1 aromatic carbocycles. The highest BCUT2D eigenvalue weighted by molar-refractivity contribution is 5.91. The number of hydrogen-bond acceptors (Lipinski definition) is 7. The van der Waals surface area contributed by atoms with Crippen LogP contribution in [0.5, 0.6) is 0 Å². The van der Waals surface area contributed by atoms with E-state index < -0.39 is 16.9 Å². The number of nitro benzene ring substituents is 1. The number of amides is 1. The predicted molar refractivity (Wildman–Crippen MR) is 90.1 cm³/mol. The van der Waals surface area contributed by atoms with Crippen LogP contribution in [0.1, 0.15) is 36.3 Å². The van der Waals surface area contributed by atoms with Crippen LogP contribution in [0.25, 0.3) is 11.4 Å². The molecule has 9 heteroatoms. The zero-order chi connectivity index (χ0) is 18.7. The van der Waals surface area contributed by atoms with E-state index in [1.807, 2.05) is 13.8 Å². The van der Waals surface area contributed by atoms with Gasteiger partial charge in [-0.15, -0.1) is 0 Å². The van der Waals surface area contributed by atoms with Crippen LogP contribution in [0.3, 0.4) is 0 Å². The van der Waals surface area contributed by atoms with Crippen molar-refractivity contribution in [1.82, 2.24) is 15.5 Å². The topological polar surface area (TPSA) is 124 Å². The van der Waals surface area contributed by atoms with E-state index in [2.05, 4.69) is 15.5 Å². The molecule has 1 N–H and O–H groups in total. The fraction of sp³-hybridized carbons (Fsp3) is 0.235. The number of carbonyl (C=O) groups is 1. The van der Waals surface area contributed by atoms with E-state index in [1.54, 1.807) is 24.3 Å². The van der Waals surface area contributed by atoms with E-state index in [1.165, 1.54) is 18.4 Å². The minimum absolute atomic E-state index is 0.0349. The summed E-state index contributed by atoms with van der Waals surface area (Å²) < 4.78 is 10.4. The normalized spacial score (nSPS) is 12.1. The number of hydrogen-bond donors (Lipinski definition) is 1. The lowest BCUT2D eigenvalue weighted by Gasteiger charge is -2.17. The Balaban J connectivity index is 1.85. The molecular weight excluding hydrogens is 340 g/mol. The fourth-order valence-corrected chi connectivity index (χ4v) is 2.37. The number of nitrogens with one attached hydrogen (secondary N) is 1. The monoisotopic (exact) mass is 356 g/mol. The summed E-state index contributed by atoms with van der Waals surface area (Å²) in [5.41, 5.74) is 0.384. The molecule has 2 aromatic heterocycles. The highest BCUT2D eigenvalue weighted by Crippen LogP contribution is 2.26. The van der Waals surface area contributed by atoms with Gasteiger partial charge in [0.15, 0.2) is 5.76 Å². The van der Waals surface area contributed by atoms with Gasteiger partial charge in [-0.3, -0.25) is 14.9 Å². The van der Waals surface area contributed by atoms with Gasteiger partial charge in [-0.2, -0.15) is 4.98 Å². The third-order valence-corrected chi connectivity index (χ3v) is 3.72. The molecule has 0 spiro atoms. The maximum absolute atomic E-state index is 12.2. The molecule has 0 unspecified atom stereocenters. The Labute approximate surface area is 148 Å². The molecule has 0 saturated carbocycles. The lowest BCUT2D eigenvalue weighted by atomic mass is 10.0. The smallest absolute Gasteiger partial charge is 0.287 e. The summed E-state index contributed by atoms with van der Waals surface area (Å²) in [4.78, 5) is 26.9. The number of carbonyl (C=O) groups excluding carboxylic acids is 1. The molecule has 9 nitrogen and oxygen atoms in total. The number of benzene rings is 1. The largest absolute Gasteiger partial charge is 0.459 e. The van der Waals surface area contributed by atoms with Crippen molar-refractivity contribution in [2.24, 2.45) is 5.92 Å². The summed E-state index contributed by atoms with van der Waals surface area (Å²) in [7, 11) is 0. The molecular formula is C17H16N4O5. The Morgan fingerprint density at radius 1 is 1.27 bits per heavy atom. The molecule has 134 valence electrons. The molecule has 0 saturated heterocycles. The SMILES string of the molecule is CC(C)[C@H](NC(=O)c1ccco1)c1nc(-c2cccc([N+](=O)[O-])c2)no1. The maximum atomic E-state index is 12.2. The summed E-state index contributed by atoms with van der Waals surface area (Å²) in [6.45, 7) is 3.79. The van der Waals surface area contributed by atoms with Crippen molar-refractivity contribution >= 4 is 11.6 Å². The zero-order valence-electron chi connectivity index (χ0n) is 14.1. The minimum Gasteiger partial charge on any atom is -0.459 e. The van der Waals surface area contributed by atoms with E-state index >= 15 is 0 Å². The average molecular weight is 356 g/mol. The number of nitro groups is 1. The third-order valence-electron chi connectivity index (χ3n) is 3.72. The first-order valence-electron chi connectivity index (χ1n) is 7.88. The molecule has 3 aromatic rings. The highest BCUT2D eigenvalue weighted by atomic mass is 16.6. The van der Waals surface area contributed by atoms with Gasteiger partial charge in [0.2, 0.25) is 11.7 Å². The van der Waals surface area contributed by atoms with Crippen LogP contribution in [0.2, 0.25) is 0 Å². The van der Waals surface area contributed by atoms with Crippen LogP contribution in [0.15, 0.2) is 51.6 Å². The molecule has 0 aliphatic heterocycles. The van der Waals surface area contributed by atoms with Crippen molar-refractivity contribution in [1.29, 1.82) is 0 Å². The second-order valence-electron chi connectivity index (χ2n) is 5.94. The van der Waals surface area contributed by atoms with E-state index in [0.29, 0.717) is 5.56 Å². The van der Waals surface area contributed by atoms with Crippen LogP contribution in [0, 0.1) is 16.0 Å². The molecule has 3 rings (SSSR count). The average Bonchev–Trinajstić information content (AvgIpc) is 3.31. The van der Waals surface area contributed by atoms with E-state index in [0.717, 1.165) is 0 Å². The molecule has 0 aliphatic carbocycles. The van der Waals surface area contributed by atoms with Crippen molar-refractivity contribution in [3.63, 3.8) is 0 Å². The molecule has 0 fully saturated rings. The molecule has 2 heterocycles. The fourth-order valence-electron chi connectivity index (χ4n) is 2.37. The van der Waals surface area contributed by atoms with Crippen LogP contribution < -0.4 is 5.32 Å². The van der Waals surface area contributed by atoms with E-state index in [-0.39, 0.29) is 29.1 Å². The molecule has 0 bridgehead atoms. The summed E-state index contributed by atoms with van der Waals surface area (Å²) in [5.74, 6) is 0.160. The van der Waals surface area contributed by atoms with Crippen LogP contribution in [-0.2, 0) is 0 Å². The zero-order valence-corrected chi connectivity index (χ0v) is 14.1. The molecule has 1 amide bonds. The van der Waals surface area contributed by atoms with Crippen LogP contribution >= 0.6 is 0 Å². The lowest BCUT2D eigenvalue weighted by Crippen LogP contribution is -2.31. The number of furan rings is 1. The Bertz CT molecular complexity index is 917. The molecule has 1 atom stereocenters. The van der Waals surface area contributed by atoms with Crippen molar-refractivity contribution in [3.8, 4) is 11.4 Å². The van der Waals surface area contributed by atoms with Crippen molar-refractivity contribution in [2.75, 3.05) is 0 Å². The number of non-ortho nitro benzene ring substituents is 1. The van der Waals surface area contributed by atoms with Gasteiger partial charge in [-0.05, 0) is 18.1 Å². The van der Waals surface area contributed by atoms with E-state index in [4.69, 9.17) is 8.94 Å². The van der Waals surface area contributed by atoms with Crippen LogP contribution in [-0.4, -0.2) is 21.0 Å². The van der Waals surface area contributed by atoms with Crippen LogP contribution in [0.4, 0.5) is 5.69 Å². The van der Waals surface area contributed by atoms with Gasteiger partial charge in [0.1, 0.15) is 6.04 Å². The van der Waals surface area contributed by atoms with Gasteiger partial charge >= 0.3 is 0 Å². The lowest BCUT2D eigenvalue weighted by molar-refractivity contribution is -0.384. The number of aromatic nitrogens is 2. The Morgan fingerprint density at radius 3 is 2.73 bits per heavy atom. The second-order valence-corrected chi connectivity index (χ2v) is 5.94. The van der Waals surface area contributed by atoms with E-state index in [9.17, 15) is 14.9 Å². The van der Waals surface area contributed by atoms with Gasteiger partial charge in [0, 0.05) is 17.7 Å². The second kappa shape index (κ2) is 7.18. The standard InChI is InChI=1S/C17H16N4O5/c1-10(2)14(18-16(22)13-7-4-8-25-13)17-19-15(20-26-17)11-5-3-6-12(9-11)21(23)24/h3-10,14H,1-2H3,(H,18,22)/t14-/m0/s1. The van der Waals surface area contributed by atoms with Gasteiger partial charge in [0.25, 0.3) is 11.6 Å². The van der Waals surface area contributed by atoms with Gasteiger partial charge in [-0.25, -0.2) is 0 Å². The van der Waals surface area contributed by atoms with Gasteiger partial charge in [0.05, 0.1) is 11.2 Å². The number of rotatable bonds is 6. The Morgan fingerprint density at radius 2 is 2.08 bits per heavy atom. The van der Waals surface area contributed by atoms with Crippen molar-refractivity contribution in [2.45, 2.75) is 19.9 Å². The first kappa shape index (κ1) is 17.3. The van der Waals surface area contributed by atoms with Gasteiger partial charge < -0.3 is 14.3 Å². The minimum atomic E-state index is -0.535. The van der Waals surface area contributed by atoms with Gasteiger partial charge in [-0.1, -0.05) is 31.1 Å². The highest BCUT2D eigenvalue weighted by Gasteiger charge is 2.26. The third kappa shape index (κ3) is 3.61. The Kier molecular flexibility index (Phi) is 4.78. The molecule has 0 aliphatic rings. The summed E-state index contributed by atoms with van der Waals surface area (Å²) in [5, 5.41) is 17.6. The summed E-state index contributed by atoms with van der Waals surface area (Å²) >= 11 is 0. The first-order valence-corrected chi connectivity index (χ1v) is 7.88. The predicted octanol–water partition coefficient (Wildman–Crippen LogP) is 3.36. The van der Waals surface area contributed by atoms with Crippen molar-refractivity contribution in [3.05, 3.63) is 64.4 Å². The Hall–Kier alpha value is -3.49.